The summed E-state index contributed by atoms with van der Waals surface area (Å²) in [5, 5.41) is 0. The number of esters is 1. The van der Waals surface area contributed by atoms with Crippen LogP contribution in [0.15, 0.2) is 36.4 Å². The number of carbonyl (C=O) groups excluding carboxylic acids is 2. The SMILES string of the molecule is CCOC(=O)[C@@H]1[C@@H]2C=C[C@@]3(CN(Cc4ccc(C)cc4)C(=O)[C@H]13)O2. The van der Waals surface area contributed by atoms with E-state index in [4.69, 9.17) is 9.47 Å². The Bertz CT molecular complexity index is 711. The fourth-order valence-corrected chi connectivity index (χ4v) is 4.13. The van der Waals surface area contributed by atoms with Gasteiger partial charge in [-0.3, -0.25) is 9.59 Å². The minimum atomic E-state index is -0.663. The Labute approximate surface area is 141 Å². The molecule has 3 heterocycles. The first-order valence-electron chi connectivity index (χ1n) is 8.42. The first-order valence-corrected chi connectivity index (χ1v) is 8.42. The average Bonchev–Trinajstić information content (AvgIpc) is 3.19. The van der Waals surface area contributed by atoms with E-state index in [1.54, 1.807) is 11.8 Å². The third kappa shape index (κ3) is 2.18. The Kier molecular flexibility index (Phi) is 3.49. The van der Waals surface area contributed by atoms with E-state index in [1.807, 2.05) is 43.3 Å². The van der Waals surface area contributed by atoms with Gasteiger partial charge in [0.1, 0.15) is 11.5 Å². The lowest BCUT2D eigenvalue weighted by atomic mass is 9.77. The van der Waals surface area contributed by atoms with Crippen molar-refractivity contribution in [1.82, 2.24) is 4.90 Å². The van der Waals surface area contributed by atoms with E-state index in [0.29, 0.717) is 19.7 Å². The van der Waals surface area contributed by atoms with Crippen molar-refractivity contribution in [2.45, 2.75) is 32.1 Å². The highest BCUT2D eigenvalue weighted by Gasteiger charge is 2.67. The Morgan fingerprint density at radius 3 is 2.83 bits per heavy atom. The van der Waals surface area contributed by atoms with E-state index in [9.17, 15) is 9.59 Å². The van der Waals surface area contributed by atoms with Crippen LogP contribution in [-0.4, -0.2) is 41.6 Å². The van der Waals surface area contributed by atoms with Crippen molar-refractivity contribution in [2.75, 3.05) is 13.2 Å². The van der Waals surface area contributed by atoms with Crippen molar-refractivity contribution in [3.05, 3.63) is 47.5 Å². The van der Waals surface area contributed by atoms with Crippen molar-refractivity contribution < 1.29 is 19.1 Å². The minimum Gasteiger partial charge on any atom is -0.466 e. The predicted molar refractivity (Wildman–Crippen MR) is 87.0 cm³/mol. The van der Waals surface area contributed by atoms with Crippen LogP contribution in [0.4, 0.5) is 0 Å². The number of ether oxygens (including phenoxy) is 2. The molecule has 5 nitrogen and oxygen atoms in total. The molecule has 2 bridgehead atoms. The fraction of sp³-hybridized carbons (Fsp3) is 0.474. The number of hydrogen-bond acceptors (Lipinski definition) is 4. The molecular weight excluding hydrogens is 306 g/mol. The first kappa shape index (κ1) is 15.4. The van der Waals surface area contributed by atoms with Gasteiger partial charge in [0, 0.05) is 6.54 Å². The van der Waals surface area contributed by atoms with Gasteiger partial charge in [0.15, 0.2) is 0 Å². The molecule has 1 spiro atoms. The largest absolute Gasteiger partial charge is 0.466 e. The lowest BCUT2D eigenvalue weighted by molar-refractivity contribution is -0.153. The molecule has 0 aromatic heterocycles. The van der Waals surface area contributed by atoms with E-state index in [0.717, 1.165) is 5.56 Å². The molecule has 1 aromatic rings. The molecule has 126 valence electrons. The van der Waals surface area contributed by atoms with Gasteiger partial charge in [0.25, 0.3) is 0 Å². The van der Waals surface area contributed by atoms with Crippen molar-refractivity contribution >= 4 is 11.9 Å². The van der Waals surface area contributed by atoms with Crippen molar-refractivity contribution in [1.29, 1.82) is 0 Å². The third-order valence-electron chi connectivity index (χ3n) is 5.23. The number of likely N-dealkylation sites (tertiary alicyclic amines) is 1. The van der Waals surface area contributed by atoms with Gasteiger partial charge in [-0.05, 0) is 19.4 Å². The number of amides is 1. The van der Waals surface area contributed by atoms with Crippen LogP contribution >= 0.6 is 0 Å². The van der Waals surface area contributed by atoms with Crippen molar-refractivity contribution in [3.63, 3.8) is 0 Å². The second-order valence-corrected chi connectivity index (χ2v) is 6.83. The van der Waals surface area contributed by atoms with E-state index in [-0.39, 0.29) is 18.0 Å². The quantitative estimate of drug-likeness (QED) is 0.625. The number of aryl methyl sites for hydroxylation is 1. The van der Waals surface area contributed by atoms with Crippen molar-refractivity contribution in [3.8, 4) is 0 Å². The zero-order chi connectivity index (χ0) is 16.9. The summed E-state index contributed by atoms with van der Waals surface area (Å²) in [5.74, 6) is -1.33. The molecule has 0 N–H and O–H groups in total. The van der Waals surface area contributed by atoms with Gasteiger partial charge in [-0.1, -0.05) is 42.0 Å². The number of hydrogen-bond donors (Lipinski definition) is 0. The van der Waals surface area contributed by atoms with Gasteiger partial charge in [-0.2, -0.15) is 0 Å². The normalized spacial score (nSPS) is 33.2. The molecular formula is C19H21NO4. The Balaban J connectivity index is 1.58. The van der Waals surface area contributed by atoms with Gasteiger partial charge in [0.05, 0.1) is 25.2 Å². The highest BCUT2D eigenvalue weighted by Crippen LogP contribution is 2.52. The third-order valence-corrected chi connectivity index (χ3v) is 5.23. The summed E-state index contributed by atoms with van der Waals surface area (Å²) < 4.78 is 11.2. The zero-order valence-corrected chi connectivity index (χ0v) is 13.9. The van der Waals surface area contributed by atoms with Crippen molar-refractivity contribution in [2.24, 2.45) is 11.8 Å². The molecule has 3 aliphatic heterocycles. The molecule has 2 fully saturated rings. The summed E-state index contributed by atoms with van der Waals surface area (Å²) in [6.07, 6.45) is 3.53. The molecule has 4 atom stereocenters. The molecule has 4 rings (SSSR count). The Hall–Kier alpha value is -2.14. The second-order valence-electron chi connectivity index (χ2n) is 6.83. The number of fused-ring (bicyclic) bond motifs is 1. The van der Waals surface area contributed by atoms with E-state index < -0.39 is 17.4 Å². The first-order chi connectivity index (χ1) is 11.5. The monoisotopic (exact) mass is 327 g/mol. The van der Waals surface area contributed by atoms with Crippen LogP contribution in [0.5, 0.6) is 0 Å². The van der Waals surface area contributed by atoms with Gasteiger partial charge >= 0.3 is 5.97 Å². The van der Waals surface area contributed by atoms with Crippen LogP contribution in [0.25, 0.3) is 0 Å². The predicted octanol–water partition coefficient (Wildman–Crippen LogP) is 1.84. The summed E-state index contributed by atoms with van der Waals surface area (Å²) in [4.78, 5) is 27.1. The van der Waals surface area contributed by atoms with Gasteiger partial charge in [0.2, 0.25) is 5.91 Å². The highest BCUT2D eigenvalue weighted by molar-refractivity contribution is 5.91. The number of nitrogens with zero attached hydrogens (tertiary/aromatic N) is 1. The average molecular weight is 327 g/mol. The number of benzene rings is 1. The molecule has 24 heavy (non-hydrogen) atoms. The van der Waals surface area contributed by atoms with Gasteiger partial charge in [-0.25, -0.2) is 0 Å². The highest BCUT2D eigenvalue weighted by atomic mass is 16.6. The van der Waals surface area contributed by atoms with Crippen LogP contribution in [0.1, 0.15) is 18.1 Å². The molecule has 1 aromatic carbocycles. The molecule has 5 heteroatoms. The summed E-state index contributed by atoms with van der Waals surface area (Å²) in [7, 11) is 0. The lowest BCUT2D eigenvalue weighted by Gasteiger charge is -2.22. The van der Waals surface area contributed by atoms with Crippen LogP contribution in [0, 0.1) is 18.8 Å². The summed E-state index contributed by atoms with van der Waals surface area (Å²) >= 11 is 0. The molecule has 0 saturated carbocycles. The Morgan fingerprint density at radius 1 is 1.38 bits per heavy atom. The molecule has 2 saturated heterocycles. The number of rotatable bonds is 4. The summed E-state index contributed by atoms with van der Waals surface area (Å²) in [6, 6.07) is 8.15. The smallest absolute Gasteiger partial charge is 0.312 e. The van der Waals surface area contributed by atoms with Crippen LogP contribution in [0.3, 0.4) is 0 Å². The molecule has 0 radical (unpaired) electrons. The topological polar surface area (TPSA) is 55.8 Å². The molecule has 0 aliphatic carbocycles. The maximum absolute atomic E-state index is 13.0. The van der Waals surface area contributed by atoms with Gasteiger partial charge < -0.3 is 14.4 Å². The van der Waals surface area contributed by atoms with E-state index in [2.05, 4.69) is 0 Å². The number of carbonyl (C=O) groups is 2. The lowest BCUT2D eigenvalue weighted by Crippen LogP contribution is -2.40. The maximum Gasteiger partial charge on any atom is 0.312 e. The maximum atomic E-state index is 13.0. The molecule has 3 aliphatic rings. The van der Waals surface area contributed by atoms with E-state index >= 15 is 0 Å². The van der Waals surface area contributed by atoms with Gasteiger partial charge in [-0.15, -0.1) is 0 Å². The zero-order valence-electron chi connectivity index (χ0n) is 13.9. The second kappa shape index (κ2) is 5.45. The Morgan fingerprint density at radius 2 is 2.12 bits per heavy atom. The molecule has 1 amide bonds. The minimum absolute atomic E-state index is 0.0134. The van der Waals surface area contributed by atoms with Crippen LogP contribution in [0.2, 0.25) is 0 Å². The molecule has 0 unspecified atom stereocenters. The standard InChI is InChI=1S/C19H21NO4/c1-3-23-18(22)15-14-8-9-19(24-14)11-20(17(21)16(15)19)10-13-6-4-12(2)5-7-13/h4-9,14-16H,3,10-11H2,1-2H3/t14-,15+,16-,19-/m0/s1. The van der Waals surface area contributed by atoms with Crippen LogP contribution in [-0.2, 0) is 25.6 Å². The van der Waals surface area contributed by atoms with Crippen LogP contribution < -0.4 is 0 Å². The van der Waals surface area contributed by atoms with E-state index in [1.165, 1.54) is 5.56 Å². The fourth-order valence-electron chi connectivity index (χ4n) is 4.13. The summed E-state index contributed by atoms with van der Waals surface area (Å²) in [6.45, 7) is 5.15. The summed E-state index contributed by atoms with van der Waals surface area (Å²) in [5.41, 5.74) is 1.61.